The lowest BCUT2D eigenvalue weighted by molar-refractivity contribution is 0.00274. The molecule has 0 amide bonds. The van der Waals surface area contributed by atoms with Crippen LogP contribution < -0.4 is 4.74 Å². The standard InChI is InChI=1S/C18H25NO/c1-19-10-9-18-8-4-3-5-15(18)17(19)11-13-6-7-14(20-2)12-16(13)18/h6-7,12,15,17H,3-5,8-11H2,1-2H3/t15?,17-,18-/m0/s1/i1D3,6D,7D,9D2,10D2,11D2,12D. The normalized spacial score (nSPS) is 53.0. The zero-order valence-corrected chi connectivity index (χ0v) is 11.3. The van der Waals surface area contributed by atoms with Crippen LogP contribution in [-0.4, -0.2) is 31.5 Å². The fraction of sp³-hybridized carbons (Fsp3) is 0.667. The molecule has 1 aliphatic heterocycles. The van der Waals surface area contributed by atoms with Gasteiger partial charge in [0.2, 0.25) is 0 Å². The minimum absolute atomic E-state index is 0.0738. The minimum Gasteiger partial charge on any atom is -0.497 e. The highest BCUT2D eigenvalue weighted by Crippen LogP contribution is 2.55. The summed E-state index contributed by atoms with van der Waals surface area (Å²) >= 11 is 0. The van der Waals surface area contributed by atoms with E-state index in [-0.39, 0.29) is 24.2 Å². The molecule has 20 heavy (non-hydrogen) atoms. The lowest BCUT2D eigenvalue weighted by atomic mass is 9.52. The van der Waals surface area contributed by atoms with Gasteiger partial charge in [-0.1, -0.05) is 18.9 Å². The third-order valence-electron chi connectivity index (χ3n) is 4.76. The Bertz CT molecular complexity index is 974. The van der Waals surface area contributed by atoms with E-state index in [1.807, 2.05) is 0 Å². The van der Waals surface area contributed by atoms with Crippen molar-refractivity contribution in [1.82, 2.24) is 4.90 Å². The molecule has 1 saturated heterocycles. The molecule has 2 bridgehead atoms. The molecule has 1 heterocycles. The van der Waals surface area contributed by atoms with E-state index in [0.29, 0.717) is 17.7 Å². The molecule has 1 unspecified atom stereocenters. The van der Waals surface area contributed by atoms with Crippen molar-refractivity contribution in [3.8, 4) is 5.75 Å². The van der Waals surface area contributed by atoms with Gasteiger partial charge in [-0.15, -0.1) is 0 Å². The molecule has 1 aromatic rings. The molecule has 1 saturated carbocycles. The first-order chi connectivity index (χ1) is 14.5. The van der Waals surface area contributed by atoms with Crippen LogP contribution in [-0.2, 0) is 11.8 Å². The summed E-state index contributed by atoms with van der Waals surface area (Å²) in [6.07, 6.45) is -4.07. The number of nitrogens with zero attached hydrogens (tertiary/aromatic N) is 1. The Morgan fingerprint density at radius 1 is 1.50 bits per heavy atom. The average Bonchev–Trinajstić information content (AvgIpc) is 2.66. The van der Waals surface area contributed by atoms with Crippen LogP contribution >= 0.6 is 0 Å². The number of ether oxygens (including phenoxy) is 1. The first kappa shape index (κ1) is 5.31. The number of fused-ring (bicyclic) bond motifs is 1. The van der Waals surface area contributed by atoms with Gasteiger partial charge in [0.1, 0.15) is 5.75 Å². The maximum absolute atomic E-state index is 8.99. The highest BCUT2D eigenvalue weighted by atomic mass is 16.5. The lowest BCUT2D eigenvalue weighted by Gasteiger charge is -2.58. The van der Waals surface area contributed by atoms with Crippen LogP contribution in [0.1, 0.15) is 59.6 Å². The molecule has 3 atom stereocenters. The highest BCUT2D eigenvalue weighted by molar-refractivity contribution is 5.45. The van der Waals surface area contributed by atoms with E-state index in [1.54, 1.807) is 0 Å². The van der Waals surface area contributed by atoms with Crippen LogP contribution in [0.15, 0.2) is 18.1 Å². The summed E-state index contributed by atoms with van der Waals surface area (Å²) in [7, 11) is 1.21. The molecule has 0 spiro atoms. The molecule has 0 aromatic heterocycles. The summed E-state index contributed by atoms with van der Waals surface area (Å²) in [4.78, 5) is 0.341. The van der Waals surface area contributed by atoms with E-state index >= 15 is 0 Å². The largest absolute Gasteiger partial charge is 0.497 e. The zero-order valence-electron chi connectivity index (χ0n) is 23.3. The third kappa shape index (κ3) is 1.60. The average molecular weight is 283 g/mol. The van der Waals surface area contributed by atoms with Crippen molar-refractivity contribution in [2.24, 2.45) is 5.92 Å². The first-order valence-corrected chi connectivity index (χ1v) is 6.99. The Hall–Kier alpha value is -1.02. The number of hydrogen-bond donors (Lipinski definition) is 0. The lowest BCUT2D eigenvalue weighted by Crippen LogP contribution is -2.59. The van der Waals surface area contributed by atoms with E-state index in [1.165, 1.54) is 7.11 Å². The Kier molecular flexibility index (Phi) is 1.19. The van der Waals surface area contributed by atoms with Crippen LogP contribution in [0, 0.1) is 5.92 Å². The molecular weight excluding hydrogens is 246 g/mol. The highest BCUT2D eigenvalue weighted by Gasteiger charge is 2.53. The number of hydrogen-bond acceptors (Lipinski definition) is 2. The second-order valence-corrected chi connectivity index (χ2v) is 5.68. The van der Waals surface area contributed by atoms with Gasteiger partial charge in [-0.25, -0.2) is 0 Å². The number of benzene rings is 1. The molecule has 2 fully saturated rings. The Morgan fingerprint density at radius 3 is 3.30 bits per heavy atom. The van der Waals surface area contributed by atoms with Crippen molar-refractivity contribution in [1.29, 1.82) is 0 Å². The fourth-order valence-electron chi connectivity index (χ4n) is 3.81. The predicted molar refractivity (Wildman–Crippen MR) is 81.4 cm³/mol. The van der Waals surface area contributed by atoms with E-state index in [4.69, 9.17) is 21.2 Å². The monoisotopic (exact) mass is 283 g/mol. The SMILES string of the molecule is [2H]c1c([2H])c2c(c([2H])c1OC)[C@]13CCCCC1[C@@H](N(C([2H])([2H])[2H])C([2H])([2H])C3([2H])[2H])C2([2H])[2H]. The molecule has 0 N–H and O–H groups in total. The van der Waals surface area contributed by atoms with Crippen molar-refractivity contribution in [3.63, 3.8) is 0 Å². The zero-order chi connectivity index (χ0) is 24.2. The predicted octanol–water partition coefficient (Wildman–Crippen LogP) is 3.38. The van der Waals surface area contributed by atoms with E-state index in [0.717, 1.165) is 0 Å². The summed E-state index contributed by atoms with van der Waals surface area (Å²) in [5.74, 6) is -1.24. The minimum atomic E-state index is -3.15. The molecule has 2 heteroatoms. The van der Waals surface area contributed by atoms with Crippen LogP contribution in [0.2, 0.25) is 0 Å². The smallest absolute Gasteiger partial charge is 0.119 e. The Morgan fingerprint density at radius 2 is 2.45 bits per heavy atom. The number of rotatable bonds is 1. The van der Waals surface area contributed by atoms with Crippen molar-refractivity contribution < 1.29 is 21.2 Å². The number of likely N-dealkylation sites (N-methyl/N-ethyl adjacent to an activating group) is 1. The molecule has 2 aliphatic carbocycles. The topological polar surface area (TPSA) is 12.5 Å². The van der Waals surface area contributed by atoms with Gasteiger partial charge in [-0.05, 0) is 68.2 Å². The van der Waals surface area contributed by atoms with Gasteiger partial charge in [0.15, 0.2) is 0 Å². The molecule has 3 aliphatic rings. The summed E-state index contributed by atoms with van der Waals surface area (Å²) in [5, 5.41) is 0. The van der Waals surface area contributed by atoms with Crippen molar-refractivity contribution >= 4 is 0 Å². The van der Waals surface area contributed by atoms with Gasteiger partial charge in [0.05, 0.1) is 11.2 Å². The van der Waals surface area contributed by atoms with E-state index in [2.05, 4.69) is 0 Å². The van der Waals surface area contributed by atoms with Gasteiger partial charge < -0.3 is 9.64 Å². The third-order valence-corrected chi connectivity index (χ3v) is 4.76. The number of methoxy groups -OCH3 is 1. The summed E-state index contributed by atoms with van der Waals surface area (Å²) in [5.41, 5.74) is -2.29. The van der Waals surface area contributed by atoms with Crippen molar-refractivity contribution in [3.05, 3.63) is 29.3 Å². The quantitative estimate of drug-likeness (QED) is 0.783. The van der Waals surface area contributed by atoms with Gasteiger partial charge in [-0.3, -0.25) is 0 Å². The van der Waals surface area contributed by atoms with Crippen LogP contribution in [0.4, 0.5) is 0 Å². The molecule has 1 aromatic carbocycles. The first-order valence-electron chi connectivity index (χ1n) is 13.0. The van der Waals surface area contributed by atoms with E-state index in [9.17, 15) is 0 Å². The van der Waals surface area contributed by atoms with Gasteiger partial charge in [-0.2, -0.15) is 0 Å². The second kappa shape index (κ2) is 4.49. The fourth-order valence-corrected chi connectivity index (χ4v) is 3.81. The molecule has 2 nitrogen and oxygen atoms in total. The second-order valence-electron chi connectivity index (χ2n) is 5.68. The van der Waals surface area contributed by atoms with Crippen LogP contribution in [0.25, 0.3) is 0 Å². The number of piperidine rings is 1. The van der Waals surface area contributed by atoms with Crippen LogP contribution in [0.5, 0.6) is 5.75 Å². The summed E-state index contributed by atoms with van der Waals surface area (Å²) < 4.78 is 108. The Balaban J connectivity index is 2.25. The van der Waals surface area contributed by atoms with Crippen molar-refractivity contribution in [2.45, 2.75) is 49.9 Å². The molecule has 4 rings (SSSR count). The maximum Gasteiger partial charge on any atom is 0.119 e. The summed E-state index contributed by atoms with van der Waals surface area (Å²) in [6, 6.07) is -3.15. The Labute approximate surface area is 139 Å². The maximum atomic E-state index is 8.99. The van der Waals surface area contributed by atoms with Crippen molar-refractivity contribution in [2.75, 3.05) is 20.6 Å². The molecular formula is C18H25NO. The van der Waals surface area contributed by atoms with Gasteiger partial charge in [0, 0.05) is 23.8 Å². The van der Waals surface area contributed by atoms with Crippen LogP contribution in [0.3, 0.4) is 0 Å². The molecule has 0 radical (unpaired) electrons. The number of likely N-dealkylation sites (tertiary alicyclic amines) is 1. The van der Waals surface area contributed by atoms with Gasteiger partial charge in [0.25, 0.3) is 0 Å². The molecule has 108 valence electrons. The summed E-state index contributed by atoms with van der Waals surface area (Å²) in [6.45, 7) is -6.25. The van der Waals surface area contributed by atoms with E-state index < -0.39 is 67.3 Å². The van der Waals surface area contributed by atoms with Gasteiger partial charge >= 0.3 is 0 Å².